The molecule has 1 amide bonds. The number of nitrogens with zero attached hydrogens (tertiary/aromatic N) is 1. The number of hydrogen-bond acceptors (Lipinski definition) is 5. The monoisotopic (exact) mass is 253 g/mol. The number of rotatable bonds is 6. The Morgan fingerprint density at radius 2 is 2.28 bits per heavy atom. The van der Waals surface area contributed by atoms with Crippen LogP contribution in [-0.4, -0.2) is 44.4 Å². The molecule has 0 saturated heterocycles. The van der Waals surface area contributed by atoms with Gasteiger partial charge in [-0.25, -0.2) is 0 Å². The molecule has 0 radical (unpaired) electrons. The second kappa shape index (κ2) is 6.93. The van der Waals surface area contributed by atoms with E-state index in [1.807, 2.05) is 6.92 Å². The number of nitrogens with one attached hydrogen (secondary N) is 1. The maximum atomic E-state index is 11.9. The molecule has 6 heteroatoms. The molecule has 1 aromatic rings. The van der Waals surface area contributed by atoms with E-state index in [9.17, 15) is 4.79 Å². The Bertz CT molecular complexity index is 410. The van der Waals surface area contributed by atoms with Crippen molar-refractivity contribution in [1.29, 1.82) is 0 Å². The number of anilines is 1. The Hall–Kier alpha value is -1.66. The summed E-state index contributed by atoms with van der Waals surface area (Å²) < 4.78 is 10.1. The molecule has 0 saturated carbocycles. The van der Waals surface area contributed by atoms with Gasteiger partial charge in [-0.05, 0) is 13.0 Å². The van der Waals surface area contributed by atoms with Crippen LogP contribution in [-0.2, 0) is 9.47 Å². The summed E-state index contributed by atoms with van der Waals surface area (Å²) in [5.41, 5.74) is 7.32. The van der Waals surface area contributed by atoms with Crippen LogP contribution in [0.25, 0.3) is 0 Å². The van der Waals surface area contributed by atoms with Gasteiger partial charge in [0.2, 0.25) is 0 Å². The largest absolute Gasteiger partial charge is 0.398 e. The number of nitrogen functional groups attached to an aromatic ring is 1. The molecule has 0 bridgehead atoms. The molecule has 100 valence electrons. The number of ether oxygens (including phenoxy) is 2. The molecule has 0 aliphatic rings. The topological polar surface area (TPSA) is 86.5 Å². The van der Waals surface area contributed by atoms with Crippen LogP contribution < -0.4 is 11.1 Å². The van der Waals surface area contributed by atoms with Crippen molar-refractivity contribution in [3.63, 3.8) is 0 Å². The van der Waals surface area contributed by atoms with E-state index in [0.717, 1.165) is 5.69 Å². The summed E-state index contributed by atoms with van der Waals surface area (Å²) >= 11 is 0. The Morgan fingerprint density at radius 1 is 1.56 bits per heavy atom. The van der Waals surface area contributed by atoms with Crippen molar-refractivity contribution >= 4 is 11.6 Å². The van der Waals surface area contributed by atoms with Crippen molar-refractivity contribution in [1.82, 2.24) is 10.3 Å². The molecule has 1 atom stereocenters. The second-order valence-corrected chi connectivity index (χ2v) is 3.94. The Labute approximate surface area is 106 Å². The lowest BCUT2D eigenvalue weighted by Gasteiger charge is -2.15. The summed E-state index contributed by atoms with van der Waals surface area (Å²) in [5.74, 6) is -0.266. The molecule has 1 heterocycles. The third kappa shape index (κ3) is 3.97. The fraction of sp³-hybridized carbons (Fsp3) is 0.500. The normalized spacial score (nSPS) is 12.2. The van der Waals surface area contributed by atoms with Crippen molar-refractivity contribution in [3.05, 3.63) is 23.5 Å². The number of carbonyl (C=O) groups is 1. The molecular weight excluding hydrogens is 234 g/mol. The maximum absolute atomic E-state index is 11.9. The van der Waals surface area contributed by atoms with Gasteiger partial charge in [-0.1, -0.05) is 0 Å². The third-order valence-electron chi connectivity index (χ3n) is 2.49. The van der Waals surface area contributed by atoms with Crippen LogP contribution >= 0.6 is 0 Å². The fourth-order valence-electron chi connectivity index (χ4n) is 1.47. The van der Waals surface area contributed by atoms with Crippen LogP contribution in [0.2, 0.25) is 0 Å². The third-order valence-corrected chi connectivity index (χ3v) is 2.49. The van der Waals surface area contributed by atoms with E-state index >= 15 is 0 Å². The molecule has 0 aromatic carbocycles. The molecule has 0 aliphatic carbocycles. The first-order chi connectivity index (χ1) is 8.58. The predicted molar refractivity (Wildman–Crippen MR) is 68.4 cm³/mol. The van der Waals surface area contributed by atoms with E-state index in [4.69, 9.17) is 15.2 Å². The lowest BCUT2D eigenvalue weighted by Crippen LogP contribution is -2.35. The van der Waals surface area contributed by atoms with Crippen LogP contribution in [0.15, 0.2) is 12.3 Å². The fourth-order valence-corrected chi connectivity index (χ4v) is 1.47. The average Bonchev–Trinajstić information content (AvgIpc) is 2.34. The standard InChI is InChI=1S/C12H19N3O3/c1-8-4-11(13)10(6-14-8)12(16)15-5-9(18-3)7-17-2/h4,6,9H,5,7H2,1-3H3,(H2,13,14)(H,15,16). The highest BCUT2D eigenvalue weighted by Gasteiger charge is 2.13. The number of nitrogens with two attached hydrogens (primary N) is 1. The molecule has 1 rings (SSSR count). The van der Waals surface area contributed by atoms with Gasteiger partial charge >= 0.3 is 0 Å². The Balaban J connectivity index is 2.59. The zero-order chi connectivity index (χ0) is 13.5. The summed E-state index contributed by atoms with van der Waals surface area (Å²) in [5, 5.41) is 2.73. The molecule has 0 spiro atoms. The minimum atomic E-state index is -0.266. The molecule has 1 aromatic heterocycles. The van der Waals surface area contributed by atoms with E-state index in [-0.39, 0.29) is 12.0 Å². The van der Waals surface area contributed by atoms with E-state index in [0.29, 0.717) is 24.4 Å². The van der Waals surface area contributed by atoms with E-state index in [1.54, 1.807) is 20.3 Å². The van der Waals surface area contributed by atoms with Crippen molar-refractivity contribution < 1.29 is 14.3 Å². The van der Waals surface area contributed by atoms with Crippen LogP contribution in [0.1, 0.15) is 16.1 Å². The minimum Gasteiger partial charge on any atom is -0.398 e. The molecule has 0 fully saturated rings. The highest BCUT2D eigenvalue weighted by molar-refractivity contribution is 5.98. The van der Waals surface area contributed by atoms with Crippen LogP contribution in [0.4, 0.5) is 5.69 Å². The summed E-state index contributed by atoms with van der Waals surface area (Å²) in [6.07, 6.45) is 1.29. The summed E-state index contributed by atoms with van der Waals surface area (Å²) in [6.45, 7) is 2.59. The SMILES string of the molecule is COCC(CNC(=O)c1cnc(C)cc1N)OC. The average molecular weight is 253 g/mol. The van der Waals surface area contributed by atoms with Gasteiger partial charge < -0.3 is 20.5 Å². The number of carbonyl (C=O) groups excluding carboxylic acids is 1. The van der Waals surface area contributed by atoms with Gasteiger partial charge in [0, 0.05) is 38.3 Å². The van der Waals surface area contributed by atoms with Crippen LogP contribution in [0.3, 0.4) is 0 Å². The van der Waals surface area contributed by atoms with Crippen LogP contribution in [0, 0.1) is 6.92 Å². The zero-order valence-electron chi connectivity index (χ0n) is 10.9. The number of amides is 1. The van der Waals surface area contributed by atoms with E-state index in [2.05, 4.69) is 10.3 Å². The van der Waals surface area contributed by atoms with Gasteiger partial charge in [0.15, 0.2) is 0 Å². The first kappa shape index (κ1) is 14.4. The molecule has 0 aliphatic heterocycles. The minimum absolute atomic E-state index is 0.182. The molecule has 18 heavy (non-hydrogen) atoms. The van der Waals surface area contributed by atoms with Gasteiger partial charge in [0.1, 0.15) is 0 Å². The highest BCUT2D eigenvalue weighted by atomic mass is 16.5. The van der Waals surface area contributed by atoms with E-state index in [1.165, 1.54) is 6.20 Å². The lowest BCUT2D eigenvalue weighted by molar-refractivity contribution is 0.0285. The number of hydrogen-bond donors (Lipinski definition) is 2. The van der Waals surface area contributed by atoms with Crippen molar-refractivity contribution in [2.45, 2.75) is 13.0 Å². The Morgan fingerprint density at radius 3 is 2.83 bits per heavy atom. The Kier molecular flexibility index (Phi) is 5.54. The number of aryl methyl sites for hydroxylation is 1. The van der Waals surface area contributed by atoms with Crippen LogP contribution in [0.5, 0.6) is 0 Å². The smallest absolute Gasteiger partial charge is 0.255 e. The summed E-state index contributed by atoms with van der Waals surface area (Å²) in [7, 11) is 3.15. The molecule has 6 nitrogen and oxygen atoms in total. The predicted octanol–water partition coefficient (Wildman–Crippen LogP) is 0.363. The van der Waals surface area contributed by atoms with Gasteiger partial charge in [-0.3, -0.25) is 9.78 Å². The lowest BCUT2D eigenvalue weighted by atomic mass is 10.2. The van der Waals surface area contributed by atoms with Gasteiger partial charge in [-0.2, -0.15) is 0 Å². The number of methoxy groups -OCH3 is 2. The molecule has 1 unspecified atom stereocenters. The van der Waals surface area contributed by atoms with Crippen molar-refractivity contribution in [3.8, 4) is 0 Å². The summed E-state index contributed by atoms with van der Waals surface area (Å²) in [6, 6.07) is 1.66. The maximum Gasteiger partial charge on any atom is 0.255 e. The first-order valence-electron chi connectivity index (χ1n) is 5.60. The second-order valence-electron chi connectivity index (χ2n) is 3.94. The number of pyridine rings is 1. The van der Waals surface area contributed by atoms with Crippen molar-refractivity contribution in [2.24, 2.45) is 0 Å². The summed E-state index contributed by atoms with van der Waals surface area (Å²) in [4.78, 5) is 15.9. The molecule has 3 N–H and O–H groups in total. The quantitative estimate of drug-likeness (QED) is 0.764. The van der Waals surface area contributed by atoms with Gasteiger partial charge in [-0.15, -0.1) is 0 Å². The first-order valence-corrected chi connectivity index (χ1v) is 5.60. The zero-order valence-corrected chi connectivity index (χ0v) is 10.9. The molecular formula is C12H19N3O3. The van der Waals surface area contributed by atoms with Crippen molar-refractivity contribution in [2.75, 3.05) is 33.1 Å². The van der Waals surface area contributed by atoms with Gasteiger partial charge in [0.05, 0.1) is 18.3 Å². The van der Waals surface area contributed by atoms with Gasteiger partial charge in [0.25, 0.3) is 5.91 Å². The number of aromatic nitrogens is 1. The van der Waals surface area contributed by atoms with E-state index < -0.39 is 0 Å². The highest BCUT2D eigenvalue weighted by Crippen LogP contribution is 2.10.